The van der Waals surface area contributed by atoms with Crippen molar-refractivity contribution in [3.8, 4) is 0 Å². The summed E-state index contributed by atoms with van der Waals surface area (Å²) in [6.45, 7) is 7.01. The van der Waals surface area contributed by atoms with E-state index in [-0.39, 0.29) is 0 Å². The highest BCUT2D eigenvalue weighted by Crippen LogP contribution is 2.18. The molecule has 1 N–H and O–H groups in total. The normalized spacial score (nSPS) is 25.3. The molecule has 1 heterocycles. The molecule has 0 aromatic heterocycles. The van der Waals surface area contributed by atoms with Crippen molar-refractivity contribution >= 4 is 0 Å². The lowest BCUT2D eigenvalue weighted by atomic mass is 9.97. The van der Waals surface area contributed by atoms with Gasteiger partial charge in [0.15, 0.2) is 0 Å². The third kappa shape index (κ3) is 3.33. The highest BCUT2D eigenvalue weighted by molar-refractivity contribution is 5.25. The first-order valence-corrected chi connectivity index (χ1v) is 7.16. The average molecular weight is 246 g/mol. The molecule has 1 fully saturated rings. The maximum Gasteiger partial charge on any atom is 0.00910 e. The Morgan fingerprint density at radius 3 is 2.78 bits per heavy atom. The van der Waals surface area contributed by atoms with E-state index in [2.05, 4.69) is 55.4 Å². The molecule has 1 aliphatic rings. The van der Waals surface area contributed by atoms with E-state index in [4.69, 9.17) is 0 Å². The number of nitrogens with one attached hydrogen (secondary N) is 1. The van der Waals surface area contributed by atoms with Gasteiger partial charge in [-0.1, -0.05) is 24.3 Å². The molecule has 100 valence electrons. The SMILES string of the molecule is CNC1CCN(CCc2ccccc2C)C(C)C1. The molecule has 1 aliphatic heterocycles. The number of nitrogens with zero attached hydrogens (tertiary/aromatic N) is 1. The highest BCUT2D eigenvalue weighted by Gasteiger charge is 2.23. The number of piperidine rings is 1. The Morgan fingerprint density at radius 1 is 1.33 bits per heavy atom. The second-order valence-electron chi connectivity index (χ2n) is 5.57. The van der Waals surface area contributed by atoms with Crippen molar-refractivity contribution in [2.24, 2.45) is 0 Å². The molecular weight excluding hydrogens is 220 g/mol. The topological polar surface area (TPSA) is 15.3 Å². The van der Waals surface area contributed by atoms with Gasteiger partial charge in [0.25, 0.3) is 0 Å². The van der Waals surface area contributed by atoms with Crippen LogP contribution in [0.4, 0.5) is 0 Å². The monoisotopic (exact) mass is 246 g/mol. The average Bonchev–Trinajstić information content (AvgIpc) is 2.39. The molecule has 2 nitrogen and oxygen atoms in total. The fraction of sp³-hybridized carbons (Fsp3) is 0.625. The van der Waals surface area contributed by atoms with Crippen molar-refractivity contribution in [3.05, 3.63) is 35.4 Å². The second kappa shape index (κ2) is 6.35. The van der Waals surface area contributed by atoms with Crippen molar-refractivity contribution < 1.29 is 0 Å². The molecule has 2 atom stereocenters. The molecule has 2 rings (SSSR count). The minimum absolute atomic E-state index is 0.709. The highest BCUT2D eigenvalue weighted by atomic mass is 15.2. The minimum atomic E-state index is 0.709. The zero-order valence-electron chi connectivity index (χ0n) is 11.9. The van der Waals surface area contributed by atoms with Crippen LogP contribution in [0.5, 0.6) is 0 Å². The number of hydrogen-bond donors (Lipinski definition) is 1. The van der Waals surface area contributed by atoms with Crippen LogP contribution in [0.3, 0.4) is 0 Å². The number of aryl methyl sites for hydroxylation is 1. The van der Waals surface area contributed by atoms with Crippen LogP contribution in [0.1, 0.15) is 30.9 Å². The number of rotatable bonds is 4. The predicted octanol–water partition coefficient (Wildman–Crippen LogP) is 2.61. The summed E-state index contributed by atoms with van der Waals surface area (Å²) in [5, 5.41) is 3.41. The molecule has 0 spiro atoms. The van der Waals surface area contributed by atoms with Gasteiger partial charge in [0.1, 0.15) is 0 Å². The van der Waals surface area contributed by atoms with Gasteiger partial charge < -0.3 is 10.2 Å². The molecule has 2 heteroatoms. The summed E-state index contributed by atoms with van der Waals surface area (Å²) in [6.07, 6.45) is 3.75. The van der Waals surface area contributed by atoms with Crippen LogP contribution in [0.2, 0.25) is 0 Å². The van der Waals surface area contributed by atoms with Crippen LogP contribution in [0.15, 0.2) is 24.3 Å². The summed E-state index contributed by atoms with van der Waals surface area (Å²) in [6, 6.07) is 10.2. The largest absolute Gasteiger partial charge is 0.317 e. The second-order valence-corrected chi connectivity index (χ2v) is 5.57. The maximum atomic E-state index is 3.41. The van der Waals surface area contributed by atoms with E-state index in [0.29, 0.717) is 6.04 Å². The Balaban J connectivity index is 1.86. The number of likely N-dealkylation sites (tertiary alicyclic amines) is 1. The standard InChI is InChI=1S/C16H26N2/c1-13-6-4-5-7-15(13)8-10-18-11-9-16(17-3)12-14(18)2/h4-7,14,16-17H,8-12H2,1-3H3. The zero-order chi connectivity index (χ0) is 13.0. The Kier molecular flexibility index (Phi) is 4.79. The molecule has 0 aliphatic carbocycles. The molecule has 1 aromatic rings. The van der Waals surface area contributed by atoms with Crippen LogP contribution in [0, 0.1) is 6.92 Å². The van der Waals surface area contributed by atoms with Gasteiger partial charge in [-0.25, -0.2) is 0 Å². The van der Waals surface area contributed by atoms with Gasteiger partial charge in [-0.2, -0.15) is 0 Å². The van der Waals surface area contributed by atoms with Gasteiger partial charge in [-0.05, 0) is 57.8 Å². The van der Waals surface area contributed by atoms with Crippen molar-refractivity contribution in [2.75, 3.05) is 20.1 Å². The van der Waals surface area contributed by atoms with Gasteiger partial charge in [0.2, 0.25) is 0 Å². The summed E-state index contributed by atoms with van der Waals surface area (Å²) >= 11 is 0. The number of benzene rings is 1. The summed E-state index contributed by atoms with van der Waals surface area (Å²) in [4.78, 5) is 2.64. The maximum absolute atomic E-state index is 3.41. The van der Waals surface area contributed by atoms with Gasteiger partial charge >= 0.3 is 0 Å². The van der Waals surface area contributed by atoms with Gasteiger partial charge in [0, 0.05) is 18.6 Å². The first-order chi connectivity index (χ1) is 8.70. The Morgan fingerprint density at radius 2 is 2.11 bits per heavy atom. The fourth-order valence-corrected chi connectivity index (χ4v) is 2.97. The molecule has 18 heavy (non-hydrogen) atoms. The summed E-state index contributed by atoms with van der Waals surface area (Å²) in [5.41, 5.74) is 2.93. The van der Waals surface area contributed by atoms with E-state index < -0.39 is 0 Å². The number of hydrogen-bond acceptors (Lipinski definition) is 2. The molecule has 1 aromatic carbocycles. The minimum Gasteiger partial charge on any atom is -0.317 e. The molecule has 1 saturated heterocycles. The third-order valence-electron chi connectivity index (χ3n) is 4.35. The van der Waals surface area contributed by atoms with Crippen LogP contribution >= 0.6 is 0 Å². The van der Waals surface area contributed by atoms with Gasteiger partial charge in [-0.3, -0.25) is 0 Å². The van der Waals surface area contributed by atoms with E-state index in [1.807, 2.05) is 0 Å². The van der Waals surface area contributed by atoms with Crippen molar-refractivity contribution in [3.63, 3.8) is 0 Å². The van der Waals surface area contributed by atoms with Crippen molar-refractivity contribution in [2.45, 2.75) is 45.2 Å². The van der Waals surface area contributed by atoms with Gasteiger partial charge in [-0.15, -0.1) is 0 Å². The first kappa shape index (κ1) is 13.6. The van der Waals surface area contributed by atoms with E-state index in [0.717, 1.165) is 6.04 Å². The van der Waals surface area contributed by atoms with Crippen LogP contribution in [-0.4, -0.2) is 37.1 Å². The molecule has 0 saturated carbocycles. The third-order valence-corrected chi connectivity index (χ3v) is 4.35. The Hall–Kier alpha value is -0.860. The first-order valence-electron chi connectivity index (χ1n) is 7.16. The van der Waals surface area contributed by atoms with Crippen molar-refractivity contribution in [1.29, 1.82) is 0 Å². The lowest BCUT2D eigenvalue weighted by molar-refractivity contribution is 0.140. The zero-order valence-corrected chi connectivity index (χ0v) is 11.9. The van der Waals surface area contributed by atoms with Gasteiger partial charge in [0.05, 0.1) is 0 Å². The van der Waals surface area contributed by atoms with Crippen molar-refractivity contribution in [1.82, 2.24) is 10.2 Å². The van der Waals surface area contributed by atoms with E-state index in [9.17, 15) is 0 Å². The lowest BCUT2D eigenvalue weighted by Gasteiger charge is -2.37. The Labute approximate surface area is 111 Å². The fourth-order valence-electron chi connectivity index (χ4n) is 2.97. The molecular formula is C16H26N2. The quantitative estimate of drug-likeness (QED) is 0.878. The summed E-state index contributed by atoms with van der Waals surface area (Å²) < 4.78 is 0. The molecule has 0 bridgehead atoms. The molecule has 0 radical (unpaired) electrons. The van der Waals surface area contributed by atoms with E-state index >= 15 is 0 Å². The predicted molar refractivity (Wildman–Crippen MR) is 78.0 cm³/mol. The molecule has 0 amide bonds. The lowest BCUT2D eigenvalue weighted by Crippen LogP contribution is -2.47. The Bertz CT molecular complexity index is 375. The molecule has 2 unspecified atom stereocenters. The smallest absolute Gasteiger partial charge is 0.00910 e. The van der Waals surface area contributed by atoms with Crippen LogP contribution in [0.25, 0.3) is 0 Å². The van der Waals surface area contributed by atoms with Crippen LogP contribution < -0.4 is 5.32 Å². The van der Waals surface area contributed by atoms with E-state index in [1.165, 1.54) is 43.5 Å². The van der Waals surface area contributed by atoms with Crippen LogP contribution in [-0.2, 0) is 6.42 Å². The summed E-state index contributed by atoms with van der Waals surface area (Å²) in [5.74, 6) is 0. The van der Waals surface area contributed by atoms with E-state index in [1.54, 1.807) is 0 Å². The summed E-state index contributed by atoms with van der Waals surface area (Å²) in [7, 11) is 2.08.